The molecule has 0 spiro atoms. The van der Waals surface area contributed by atoms with Crippen molar-refractivity contribution in [3.05, 3.63) is 16.4 Å². The van der Waals surface area contributed by atoms with Crippen LogP contribution in [0.4, 0.5) is 0 Å². The third-order valence-electron chi connectivity index (χ3n) is 3.06. The highest BCUT2D eigenvalue weighted by molar-refractivity contribution is 6.30. The molecule has 0 radical (unpaired) electrons. The van der Waals surface area contributed by atoms with Gasteiger partial charge in [-0.2, -0.15) is 5.10 Å². The van der Waals surface area contributed by atoms with Crippen LogP contribution in [0, 0.1) is 6.92 Å². The number of hydrogen-bond donors (Lipinski definition) is 1. The summed E-state index contributed by atoms with van der Waals surface area (Å²) < 4.78 is 7.10. The van der Waals surface area contributed by atoms with Crippen LogP contribution in [0.1, 0.15) is 31.0 Å². The highest BCUT2D eigenvalue weighted by atomic mass is 35.5. The molecule has 2 unspecified atom stereocenters. The van der Waals surface area contributed by atoms with Crippen LogP contribution in [-0.2, 0) is 18.2 Å². The lowest BCUT2D eigenvalue weighted by Gasteiger charge is -2.22. The SMILES string of the molecule is CCCC(OC)C(N)Cc1c(C)nn(C)c1Cl. The molecule has 0 fully saturated rings. The van der Waals surface area contributed by atoms with Gasteiger partial charge >= 0.3 is 0 Å². The van der Waals surface area contributed by atoms with Crippen LogP contribution >= 0.6 is 11.6 Å². The molecule has 17 heavy (non-hydrogen) atoms. The Labute approximate surface area is 108 Å². The van der Waals surface area contributed by atoms with Crippen LogP contribution in [0.3, 0.4) is 0 Å². The first kappa shape index (κ1) is 14.5. The molecule has 0 amide bonds. The van der Waals surface area contributed by atoms with Crippen LogP contribution in [0.25, 0.3) is 0 Å². The van der Waals surface area contributed by atoms with Gasteiger partial charge in [0, 0.05) is 25.8 Å². The Kier molecular flexibility index (Phi) is 5.43. The minimum Gasteiger partial charge on any atom is -0.380 e. The Hall–Kier alpha value is -0.580. The molecule has 5 heteroatoms. The fourth-order valence-electron chi connectivity index (χ4n) is 2.06. The summed E-state index contributed by atoms with van der Waals surface area (Å²) in [6, 6.07) is -0.0413. The Bertz CT molecular complexity index is 365. The van der Waals surface area contributed by atoms with Gasteiger partial charge in [-0.05, 0) is 19.8 Å². The molecule has 0 aliphatic heterocycles. The van der Waals surface area contributed by atoms with Crippen molar-refractivity contribution in [2.24, 2.45) is 12.8 Å². The zero-order chi connectivity index (χ0) is 13.0. The number of nitrogens with two attached hydrogens (primary N) is 1. The average molecular weight is 260 g/mol. The fraction of sp³-hybridized carbons (Fsp3) is 0.750. The third-order valence-corrected chi connectivity index (χ3v) is 3.54. The number of methoxy groups -OCH3 is 1. The first-order chi connectivity index (χ1) is 8.01. The minimum absolute atomic E-state index is 0.0413. The van der Waals surface area contributed by atoms with E-state index in [0.717, 1.165) is 24.1 Å². The molecule has 2 atom stereocenters. The molecule has 0 aromatic carbocycles. The molecule has 0 bridgehead atoms. The molecule has 0 aliphatic carbocycles. The van der Waals surface area contributed by atoms with Crippen molar-refractivity contribution in [2.45, 2.75) is 45.3 Å². The molecule has 1 heterocycles. The smallest absolute Gasteiger partial charge is 0.130 e. The second-order valence-corrected chi connectivity index (χ2v) is 4.77. The Balaban J connectivity index is 2.76. The van der Waals surface area contributed by atoms with Gasteiger partial charge in [-0.25, -0.2) is 0 Å². The average Bonchev–Trinajstić information content (AvgIpc) is 2.52. The molecule has 1 aromatic rings. The molecule has 1 rings (SSSR count). The number of aryl methyl sites for hydroxylation is 2. The van der Waals surface area contributed by atoms with Crippen molar-refractivity contribution >= 4 is 11.6 Å². The van der Waals surface area contributed by atoms with Gasteiger partial charge in [0.05, 0.1) is 11.8 Å². The maximum absolute atomic E-state index is 6.19. The van der Waals surface area contributed by atoms with Crippen LogP contribution in [-0.4, -0.2) is 29.0 Å². The topological polar surface area (TPSA) is 53.1 Å². The maximum Gasteiger partial charge on any atom is 0.130 e. The molecule has 4 nitrogen and oxygen atoms in total. The van der Waals surface area contributed by atoms with Crippen LogP contribution < -0.4 is 5.73 Å². The molecule has 98 valence electrons. The van der Waals surface area contributed by atoms with E-state index in [9.17, 15) is 0 Å². The van der Waals surface area contributed by atoms with E-state index in [4.69, 9.17) is 22.1 Å². The first-order valence-corrected chi connectivity index (χ1v) is 6.35. The molecule has 0 aliphatic rings. The number of nitrogens with zero attached hydrogens (tertiary/aromatic N) is 2. The van der Waals surface area contributed by atoms with Crippen LogP contribution in [0.5, 0.6) is 0 Å². The van der Waals surface area contributed by atoms with Crippen molar-refractivity contribution in [3.63, 3.8) is 0 Å². The monoisotopic (exact) mass is 259 g/mol. The number of halogens is 1. The summed E-state index contributed by atoms with van der Waals surface area (Å²) in [7, 11) is 3.54. The molecular formula is C12H22ClN3O. The van der Waals surface area contributed by atoms with Crippen LogP contribution in [0.15, 0.2) is 0 Å². The summed E-state index contributed by atoms with van der Waals surface area (Å²) >= 11 is 6.19. The van der Waals surface area contributed by atoms with E-state index in [0.29, 0.717) is 11.6 Å². The quantitative estimate of drug-likeness (QED) is 0.851. The molecule has 0 saturated heterocycles. The molecule has 0 saturated carbocycles. The van der Waals surface area contributed by atoms with E-state index >= 15 is 0 Å². The van der Waals surface area contributed by atoms with Gasteiger partial charge in [-0.3, -0.25) is 4.68 Å². The largest absolute Gasteiger partial charge is 0.380 e. The lowest BCUT2D eigenvalue weighted by molar-refractivity contribution is 0.0726. The standard InChI is InChI=1S/C12H22ClN3O/c1-5-6-11(17-4)10(14)7-9-8(2)15-16(3)12(9)13/h10-11H,5-7,14H2,1-4H3. The minimum atomic E-state index is -0.0413. The van der Waals surface area contributed by atoms with Crippen molar-refractivity contribution in [1.82, 2.24) is 9.78 Å². The van der Waals surface area contributed by atoms with E-state index in [-0.39, 0.29) is 12.1 Å². The summed E-state index contributed by atoms with van der Waals surface area (Å²) in [6.07, 6.45) is 2.81. The molecule has 2 N–H and O–H groups in total. The van der Waals surface area contributed by atoms with Crippen molar-refractivity contribution in [3.8, 4) is 0 Å². The van der Waals surface area contributed by atoms with Gasteiger partial charge < -0.3 is 10.5 Å². The predicted molar refractivity (Wildman–Crippen MR) is 70.3 cm³/mol. The van der Waals surface area contributed by atoms with Gasteiger partial charge in [0.25, 0.3) is 0 Å². The van der Waals surface area contributed by atoms with Crippen molar-refractivity contribution in [1.29, 1.82) is 0 Å². The summed E-state index contributed by atoms with van der Waals surface area (Å²) in [4.78, 5) is 0. The highest BCUT2D eigenvalue weighted by Crippen LogP contribution is 2.21. The molecular weight excluding hydrogens is 238 g/mol. The summed E-state index contributed by atoms with van der Waals surface area (Å²) in [5, 5.41) is 4.95. The van der Waals surface area contributed by atoms with Crippen molar-refractivity contribution in [2.75, 3.05) is 7.11 Å². The Morgan fingerprint density at radius 2 is 2.18 bits per heavy atom. The molecule has 1 aromatic heterocycles. The first-order valence-electron chi connectivity index (χ1n) is 5.97. The zero-order valence-electron chi connectivity index (χ0n) is 11.0. The highest BCUT2D eigenvalue weighted by Gasteiger charge is 2.21. The predicted octanol–water partition coefficient (Wildman–Crippen LogP) is 2.07. The fourth-order valence-corrected chi connectivity index (χ4v) is 2.32. The maximum atomic E-state index is 6.19. The van der Waals surface area contributed by atoms with Gasteiger partial charge in [0.15, 0.2) is 0 Å². The normalized spacial score (nSPS) is 14.9. The third kappa shape index (κ3) is 3.44. The summed E-state index contributed by atoms with van der Waals surface area (Å²) in [5.74, 6) is 0. The van der Waals surface area contributed by atoms with Gasteiger partial charge in [0.1, 0.15) is 5.15 Å². The number of hydrogen-bond acceptors (Lipinski definition) is 3. The van der Waals surface area contributed by atoms with E-state index in [2.05, 4.69) is 12.0 Å². The zero-order valence-corrected chi connectivity index (χ0v) is 11.8. The van der Waals surface area contributed by atoms with E-state index in [1.807, 2.05) is 14.0 Å². The van der Waals surface area contributed by atoms with Gasteiger partial charge in [0.2, 0.25) is 0 Å². The Morgan fingerprint density at radius 1 is 1.53 bits per heavy atom. The van der Waals surface area contributed by atoms with Gasteiger partial charge in [-0.1, -0.05) is 24.9 Å². The van der Waals surface area contributed by atoms with E-state index < -0.39 is 0 Å². The lowest BCUT2D eigenvalue weighted by atomic mass is 9.99. The second-order valence-electron chi connectivity index (χ2n) is 4.41. The summed E-state index contributed by atoms with van der Waals surface area (Å²) in [5.41, 5.74) is 8.14. The van der Waals surface area contributed by atoms with E-state index in [1.165, 1.54) is 0 Å². The van der Waals surface area contributed by atoms with Crippen molar-refractivity contribution < 1.29 is 4.74 Å². The van der Waals surface area contributed by atoms with Crippen LogP contribution in [0.2, 0.25) is 5.15 Å². The number of ether oxygens (including phenoxy) is 1. The lowest BCUT2D eigenvalue weighted by Crippen LogP contribution is -2.38. The Morgan fingerprint density at radius 3 is 2.59 bits per heavy atom. The number of rotatable bonds is 6. The van der Waals surface area contributed by atoms with E-state index in [1.54, 1.807) is 11.8 Å². The summed E-state index contributed by atoms with van der Waals surface area (Å²) in [6.45, 7) is 4.08. The second kappa shape index (κ2) is 6.38. The number of aromatic nitrogens is 2. The van der Waals surface area contributed by atoms with Gasteiger partial charge in [-0.15, -0.1) is 0 Å².